The molecule has 1 heterocycles. The number of carbonyl (C=O) groups excluding carboxylic acids is 4. The fourth-order valence-electron chi connectivity index (χ4n) is 5.07. The van der Waals surface area contributed by atoms with Gasteiger partial charge in [-0.25, -0.2) is 9.59 Å². The number of esters is 2. The van der Waals surface area contributed by atoms with E-state index in [2.05, 4.69) is 5.32 Å². The minimum absolute atomic E-state index is 0.0227. The zero-order valence-electron chi connectivity index (χ0n) is 26.4. The molecule has 0 saturated heterocycles. The van der Waals surface area contributed by atoms with Crippen molar-refractivity contribution in [3.63, 3.8) is 0 Å². The molecule has 0 aromatic heterocycles. The second kappa shape index (κ2) is 14.9. The first kappa shape index (κ1) is 33.3. The van der Waals surface area contributed by atoms with Gasteiger partial charge in [0.2, 0.25) is 0 Å². The van der Waals surface area contributed by atoms with E-state index in [-0.39, 0.29) is 46.9 Å². The van der Waals surface area contributed by atoms with Crippen molar-refractivity contribution in [2.24, 2.45) is 0 Å². The standard InChI is InChI=1S/C35H35NO10/c1-7-45-34(39)30-28(32(37)20-9-14-23(41-3)15-10-20)27(22-13-18-25(43-5)26(19-22)44-6)29(31(36-30)35(40)46-8-2)33(38)21-11-16-24(42-4)17-12-21/h9-19,27,36H,7-8H2,1-6H3. The molecule has 0 bridgehead atoms. The Balaban J connectivity index is 2.10. The van der Waals surface area contributed by atoms with Crippen molar-refractivity contribution in [3.05, 3.63) is 106 Å². The lowest BCUT2D eigenvalue weighted by Gasteiger charge is -2.32. The summed E-state index contributed by atoms with van der Waals surface area (Å²) < 4.78 is 32.2. The molecule has 1 N–H and O–H groups in total. The summed E-state index contributed by atoms with van der Waals surface area (Å²) in [6.07, 6.45) is 0. The highest BCUT2D eigenvalue weighted by molar-refractivity contribution is 6.20. The average Bonchev–Trinajstić information content (AvgIpc) is 3.10. The number of dihydropyridines is 1. The van der Waals surface area contributed by atoms with Gasteiger partial charge in [0.1, 0.15) is 22.9 Å². The van der Waals surface area contributed by atoms with E-state index in [1.807, 2.05) is 0 Å². The molecular weight excluding hydrogens is 594 g/mol. The SMILES string of the molecule is CCOC(=O)C1=C(C(=O)c2ccc(OC)cc2)C(c2ccc(OC)c(OC)c2)C(C(=O)c2ccc(OC)cc2)=C(C(=O)OCC)N1. The van der Waals surface area contributed by atoms with Crippen molar-refractivity contribution in [2.75, 3.05) is 41.7 Å². The minimum atomic E-state index is -1.27. The number of nitrogens with one attached hydrogen (secondary N) is 1. The third kappa shape index (κ3) is 6.73. The van der Waals surface area contributed by atoms with Crippen LogP contribution in [0.3, 0.4) is 0 Å². The van der Waals surface area contributed by atoms with Crippen molar-refractivity contribution in [2.45, 2.75) is 19.8 Å². The molecule has 1 aliphatic rings. The van der Waals surface area contributed by atoms with Crippen LogP contribution in [-0.4, -0.2) is 65.2 Å². The molecule has 46 heavy (non-hydrogen) atoms. The molecule has 240 valence electrons. The van der Waals surface area contributed by atoms with E-state index in [9.17, 15) is 19.2 Å². The summed E-state index contributed by atoms with van der Waals surface area (Å²) in [4.78, 5) is 56.1. The van der Waals surface area contributed by atoms with Crippen molar-refractivity contribution in [3.8, 4) is 23.0 Å². The molecular formula is C35H35NO10. The van der Waals surface area contributed by atoms with Crippen LogP contribution in [0.15, 0.2) is 89.3 Å². The van der Waals surface area contributed by atoms with Gasteiger partial charge in [0, 0.05) is 28.2 Å². The Morgan fingerprint density at radius 3 is 1.39 bits per heavy atom. The Bertz CT molecular complexity index is 1590. The molecule has 0 amide bonds. The van der Waals surface area contributed by atoms with E-state index >= 15 is 0 Å². The fourth-order valence-corrected chi connectivity index (χ4v) is 5.07. The Labute approximate surface area is 266 Å². The number of methoxy groups -OCH3 is 4. The number of ketones is 2. The quantitative estimate of drug-likeness (QED) is 0.206. The maximum atomic E-state index is 14.5. The van der Waals surface area contributed by atoms with E-state index in [0.29, 0.717) is 28.6 Å². The van der Waals surface area contributed by atoms with Crippen LogP contribution in [0.5, 0.6) is 23.0 Å². The summed E-state index contributed by atoms with van der Waals surface area (Å²) in [5.74, 6) is -2.57. The third-order valence-corrected chi connectivity index (χ3v) is 7.26. The first-order valence-corrected chi connectivity index (χ1v) is 14.4. The normalized spacial score (nSPS) is 13.0. The third-order valence-electron chi connectivity index (χ3n) is 7.26. The van der Waals surface area contributed by atoms with Gasteiger partial charge in [0.15, 0.2) is 23.1 Å². The van der Waals surface area contributed by atoms with Crippen LogP contribution in [0.2, 0.25) is 0 Å². The van der Waals surface area contributed by atoms with E-state index in [1.165, 1.54) is 52.7 Å². The van der Waals surface area contributed by atoms with Gasteiger partial charge in [-0.2, -0.15) is 0 Å². The van der Waals surface area contributed by atoms with Crippen LogP contribution in [0, 0.1) is 0 Å². The molecule has 0 atom stereocenters. The molecule has 0 saturated carbocycles. The number of hydrogen-bond acceptors (Lipinski definition) is 11. The molecule has 1 aliphatic heterocycles. The molecule has 11 nitrogen and oxygen atoms in total. The van der Waals surface area contributed by atoms with Gasteiger partial charge in [0.25, 0.3) is 0 Å². The predicted octanol–water partition coefficient (Wildman–Crippen LogP) is 4.81. The topological polar surface area (TPSA) is 136 Å². The predicted molar refractivity (Wildman–Crippen MR) is 167 cm³/mol. The molecule has 0 unspecified atom stereocenters. The summed E-state index contributed by atoms with van der Waals surface area (Å²) in [6, 6.07) is 17.4. The van der Waals surface area contributed by atoms with Crippen LogP contribution < -0.4 is 24.3 Å². The summed E-state index contributed by atoms with van der Waals surface area (Å²) in [5.41, 5.74) is -0.118. The van der Waals surface area contributed by atoms with E-state index < -0.39 is 29.4 Å². The number of benzene rings is 3. The largest absolute Gasteiger partial charge is 0.497 e. The van der Waals surface area contributed by atoms with Gasteiger partial charge >= 0.3 is 11.9 Å². The number of carbonyl (C=O) groups is 4. The van der Waals surface area contributed by atoms with Crippen molar-refractivity contribution in [1.82, 2.24) is 5.32 Å². The van der Waals surface area contributed by atoms with Crippen molar-refractivity contribution >= 4 is 23.5 Å². The van der Waals surface area contributed by atoms with Crippen LogP contribution in [-0.2, 0) is 19.1 Å². The fraction of sp³-hybridized carbons (Fsp3) is 0.257. The van der Waals surface area contributed by atoms with Crippen molar-refractivity contribution < 1.29 is 47.6 Å². The lowest BCUT2D eigenvalue weighted by molar-refractivity contribution is -0.139. The van der Waals surface area contributed by atoms with Gasteiger partial charge in [-0.1, -0.05) is 6.07 Å². The molecule has 0 fully saturated rings. The Kier molecular flexibility index (Phi) is 10.8. The van der Waals surface area contributed by atoms with E-state index in [0.717, 1.165) is 0 Å². The van der Waals surface area contributed by atoms with Gasteiger partial charge in [-0.15, -0.1) is 0 Å². The molecule has 3 aromatic rings. The van der Waals surface area contributed by atoms with Crippen LogP contribution in [0.4, 0.5) is 0 Å². The Morgan fingerprint density at radius 1 is 0.587 bits per heavy atom. The average molecular weight is 630 g/mol. The Morgan fingerprint density at radius 2 is 1.02 bits per heavy atom. The summed E-state index contributed by atoms with van der Waals surface area (Å²) in [7, 11) is 5.90. The molecule has 0 aliphatic carbocycles. The highest BCUT2D eigenvalue weighted by Gasteiger charge is 2.43. The first-order chi connectivity index (χ1) is 22.2. The summed E-state index contributed by atoms with van der Waals surface area (Å²) in [6.45, 7) is 3.17. The smallest absolute Gasteiger partial charge is 0.355 e. The lowest BCUT2D eigenvalue weighted by atomic mass is 9.74. The lowest BCUT2D eigenvalue weighted by Crippen LogP contribution is -2.39. The second-order valence-electron chi connectivity index (χ2n) is 9.81. The highest BCUT2D eigenvalue weighted by atomic mass is 16.5. The first-order valence-electron chi connectivity index (χ1n) is 14.4. The van der Waals surface area contributed by atoms with Gasteiger partial charge < -0.3 is 33.7 Å². The van der Waals surface area contributed by atoms with Crippen LogP contribution in [0.25, 0.3) is 0 Å². The summed E-state index contributed by atoms with van der Waals surface area (Å²) in [5, 5.41) is 2.78. The van der Waals surface area contributed by atoms with Gasteiger partial charge in [-0.05, 0) is 80.1 Å². The molecule has 3 aromatic carbocycles. The van der Waals surface area contributed by atoms with Gasteiger partial charge in [-0.3, -0.25) is 9.59 Å². The minimum Gasteiger partial charge on any atom is -0.497 e. The number of rotatable bonds is 13. The monoisotopic (exact) mass is 629 g/mol. The second-order valence-corrected chi connectivity index (χ2v) is 9.81. The zero-order chi connectivity index (χ0) is 33.4. The molecule has 4 rings (SSSR count). The number of allylic oxidation sites excluding steroid dienone is 2. The van der Waals surface area contributed by atoms with E-state index in [4.69, 9.17) is 28.4 Å². The molecule has 0 spiro atoms. The maximum Gasteiger partial charge on any atom is 0.355 e. The number of ether oxygens (including phenoxy) is 6. The van der Waals surface area contributed by atoms with Crippen LogP contribution >= 0.6 is 0 Å². The summed E-state index contributed by atoms with van der Waals surface area (Å²) >= 11 is 0. The molecule has 11 heteroatoms. The number of hydrogen-bond donors (Lipinski definition) is 1. The van der Waals surface area contributed by atoms with Crippen LogP contribution in [0.1, 0.15) is 46.0 Å². The molecule has 0 radical (unpaired) electrons. The van der Waals surface area contributed by atoms with E-state index in [1.54, 1.807) is 56.3 Å². The zero-order valence-corrected chi connectivity index (χ0v) is 26.4. The maximum absolute atomic E-state index is 14.5. The Hall–Kier alpha value is -5.58. The van der Waals surface area contributed by atoms with Gasteiger partial charge in [0.05, 0.1) is 41.7 Å². The number of Topliss-reactive ketones (excluding diaryl/α,β-unsaturated/α-hetero) is 2. The van der Waals surface area contributed by atoms with Crippen molar-refractivity contribution in [1.29, 1.82) is 0 Å². The highest BCUT2D eigenvalue weighted by Crippen LogP contribution is 2.44.